The van der Waals surface area contributed by atoms with Crippen molar-refractivity contribution in [1.29, 1.82) is 0 Å². The fraction of sp³-hybridized carbons (Fsp3) is 0.333. The number of carbonyl (C=O) groups excluding carboxylic acids is 1. The maximum Gasteiger partial charge on any atom is 0.332 e. The van der Waals surface area contributed by atoms with Gasteiger partial charge in [-0.1, -0.05) is 0 Å². The SMILES string of the molecule is Cc1cc(F)cc(NC(=O)NCC[C@H](O)C(=O)O)c1. The average molecular weight is 270 g/mol. The minimum absolute atomic E-state index is 0.00635. The van der Waals surface area contributed by atoms with Crippen LogP contribution in [0, 0.1) is 12.7 Å². The molecule has 19 heavy (non-hydrogen) atoms. The number of aryl methyl sites for hydroxylation is 1. The Morgan fingerprint density at radius 1 is 1.37 bits per heavy atom. The van der Waals surface area contributed by atoms with Crippen LogP contribution in [-0.4, -0.2) is 34.9 Å². The third-order valence-electron chi connectivity index (χ3n) is 2.29. The molecule has 104 valence electrons. The molecule has 0 heterocycles. The first kappa shape index (κ1) is 14.9. The summed E-state index contributed by atoms with van der Waals surface area (Å²) in [7, 11) is 0. The molecular weight excluding hydrogens is 255 g/mol. The van der Waals surface area contributed by atoms with Gasteiger partial charge < -0.3 is 20.8 Å². The zero-order chi connectivity index (χ0) is 14.4. The van der Waals surface area contributed by atoms with Crippen LogP contribution in [0.5, 0.6) is 0 Å². The Kier molecular flexibility index (Phi) is 5.25. The van der Waals surface area contributed by atoms with E-state index in [0.29, 0.717) is 11.3 Å². The largest absolute Gasteiger partial charge is 0.479 e. The van der Waals surface area contributed by atoms with Gasteiger partial charge in [-0.15, -0.1) is 0 Å². The Morgan fingerprint density at radius 3 is 2.63 bits per heavy atom. The number of halogens is 1. The molecule has 6 nitrogen and oxygen atoms in total. The Hall–Kier alpha value is -2.15. The van der Waals surface area contributed by atoms with Gasteiger partial charge in [-0.25, -0.2) is 14.0 Å². The highest BCUT2D eigenvalue weighted by molar-refractivity contribution is 5.89. The molecule has 7 heteroatoms. The number of rotatable bonds is 5. The highest BCUT2D eigenvalue weighted by atomic mass is 19.1. The zero-order valence-corrected chi connectivity index (χ0v) is 10.3. The summed E-state index contributed by atoms with van der Waals surface area (Å²) < 4.78 is 13.1. The van der Waals surface area contributed by atoms with Crippen LogP contribution in [0.1, 0.15) is 12.0 Å². The van der Waals surface area contributed by atoms with E-state index in [4.69, 9.17) is 10.2 Å². The molecule has 0 fully saturated rings. The van der Waals surface area contributed by atoms with E-state index < -0.39 is 23.9 Å². The average Bonchev–Trinajstić information content (AvgIpc) is 2.26. The van der Waals surface area contributed by atoms with Gasteiger partial charge in [0.25, 0.3) is 0 Å². The van der Waals surface area contributed by atoms with E-state index in [9.17, 15) is 14.0 Å². The van der Waals surface area contributed by atoms with E-state index in [2.05, 4.69) is 10.6 Å². The lowest BCUT2D eigenvalue weighted by atomic mass is 10.2. The number of aliphatic hydroxyl groups excluding tert-OH is 1. The second-order valence-corrected chi connectivity index (χ2v) is 4.04. The molecule has 1 rings (SSSR count). The molecule has 1 aromatic rings. The number of amides is 2. The first-order valence-corrected chi connectivity index (χ1v) is 5.61. The minimum Gasteiger partial charge on any atom is -0.479 e. The highest BCUT2D eigenvalue weighted by Crippen LogP contribution is 2.12. The molecule has 0 aliphatic rings. The quantitative estimate of drug-likeness (QED) is 0.643. The molecule has 0 spiro atoms. The van der Waals surface area contributed by atoms with E-state index in [1.807, 2.05) is 0 Å². The van der Waals surface area contributed by atoms with E-state index in [0.717, 1.165) is 0 Å². The summed E-state index contributed by atoms with van der Waals surface area (Å²) >= 11 is 0. The van der Waals surface area contributed by atoms with Gasteiger partial charge in [0.1, 0.15) is 5.82 Å². The minimum atomic E-state index is -1.52. The molecule has 0 aromatic heterocycles. The fourth-order valence-corrected chi connectivity index (χ4v) is 1.43. The van der Waals surface area contributed by atoms with Gasteiger partial charge in [0.05, 0.1) is 0 Å². The summed E-state index contributed by atoms with van der Waals surface area (Å²) in [4.78, 5) is 21.7. The number of carboxylic acids is 1. The van der Waals surface area contributed by atoms with Crippen LogP contribution < -0.4 is 10.6 Å². The first-order chi connectivity index (χ1) is 8.88. The number of urea groups is 1. The van der Waals surface area contributed by atoms with Gasteiger partial charge in [-0.2, -0.15) is 0 Å². The van der Waals surface area contributed by atoms with Crippen molar-refractivity contribution in [2.24, 2.45) is 0 Å². The third-order valence-corrected chi connectivity index (χ3v) is 2.29. The lowest BCUT2D eigenvalue weighted by Crippen LogP contribution is -2.33. The van der Waals surface area contributed by atoms with Crippen LogP contribution in [0.15, 0.2) is 18.2 Å². The van der Waals surface area contributed by atoms with Gasteiger partial charge in [0.2, 0.25) is 0 Å². The molecule has 0 radical (unpaired) electrons. The monoisotopic (exact) mass is 270 g/mol. The lowest BCUT2D eigenvalue weighted by Gasteiger charge is -2.09. The van der Waals surface area contributed by atoms with E-state index >= 15 is 0 Å². The number of benzene rings is 1. The molecule has 0 aliphatic heterocycles. The van der Waals surface area contributed by atoms with Crippen LogP contribution in [0.3, 0.4) is 0 Å². The van der Waals surface area contributed by atoms with Crippen LogP contribution in [0.2, 0.25) is 0 Å². The number of nitrogens with one attached hydrogen (secondary N) is 2. The topological polar surface area (TPSA) is 98.7 Å². The lowest BCUT2D eigenvalue weighted by molar-refractivity contribution is -0.146. The Morgan fingerprint density at radius 2 is 2.05 bits per heavy atom. The number of hydrogen-bond donors (Lipinski definition) is 4. The van der Waals surface area contributed by atoms with Crippen molar-refractivity contribution in [3.63, 3.8) is 0 Å². The van der Waals surface area contributed by atoms with Crippen molar-refractivity contribution < 1.29 is 24.2 Å². The standard InChI is InChI=1S/C12H15FN2O4/c1-7-4-8(13)6-9(5-7)15-12(19)14-3-2-10(16)11(17)18/h4-6,10,16H,2-3H2,1H3,(H,17,18)(H2,14,15,19)/t10-/m0/s1. The summed E-state index contributed by atoms with van der Waals surface area (Å²) in [6, 6.07) is 3.49. The van der Waals surface area contributed by atoms with E-state index in [1.165, 1.54) is 12.1 Å². The second-order valence-electron chi connectivity index (χ2n) is 4.04. The number of hydrogen-bond acceptors (Lipinski definition) is 3. The van der Waals surface area contributed by atoms with Crippen molar-refractivity contribution in [3.8, 4) is 0 Å². The molecular formula is C12H15FN2O4. The summed E-state index contributed by atoms with van der Waals surface area (Å²) in [5.74, 6) is -1.81. The van der Waals surface area contributed by atoms with Gasteiger partial charge >= 0.3 is 12.0 Å². The summed E-state index contributed by atoms with van der Waals surface area (Å²) in [5.41, 5.74) is 0.963. The van der Waals surface area contributed by atoms with Crippen molar-refractivity contribution in [1.82, 2.24) is 5.32 Å². The Balaban J connectivity index is 2.41. The van der Waals surface area contributed by atoms with Crippen LogP contribution >= 0.6 is 0 Å². The zero-order valence-electron chi connectivity index (χ0n) is 10.3. The fourth-order valence-electron chi connectivity index (χ4n) is 1.43. The van der Waals surface area contributed by atoms with Gasteiger partial charge in [-0.05, 0) is 30.7 Å². The predicted molar refractivity (Wildman–Crippen MR) is 66.4 cm³/mol. The smallest absolute Gasteiger partial charge is 0.332 e. The summed E-state index contributed by atoms with van der Waals surface area (Å²) in [6.45, 7) is 1.68. The van der Waals surface area contributed by atoms with Gasteiger partial charge in [0, 0.05) is 18.7 Å². The van der Waals surface area contributed by atoms with Gasteiger partial charge in [0.15, 0.2) is 6.10 Å². The van der Waals surface area contributed by atoms with E-state index in [-0.39, 0.29) is 13.0 Å². The molecule has 1 atom stereocenters. The highest BCUT2D eigenvalue weighted by Gasteiger charge is 2.12. The maximum absolute atomic E-state index is 13.1. The molecule has 0 saturated carbocycles. The predicted octanol–water partition coefficient (Wildman–Crippen LogP) is 1.09. The molecule has 0 bridgehead atoms. The molecule has 1 aromatic carbocycles. The van der Waals surface area contributed by atoms with Crippen molar-refractivity contribution in [2.75, 3.05) is 11.9 Å². The maximum atomic E-state index is 13.1. The first-order valence-electron chi connectivity index (χ1n) is 5.61. The van der Waals surface area contributed by atoms with Crippen molar-refractivity contribution >= 4 is 17.7 Å². The number of aliphatic hydroxyl groups is 1. The number of aliphatic carboxylic acids is 1. The van der Waals surface area contributed by atoms with Crippen LogP contribution in [-0.2, 0) is 4.79 Å². The number of carboxylic acid groups (broad SMARTS) is 1. The molecule has 0 aliphatic carbocycles. The van der Waals surface area contributed by atoms with E-state index in [1.54, 1.807) is 13.0 Å². The normalized spacial score (nSPS) is 11.7. The number of carbonyl (C=O) groups is 2. The second kappa shape index (κ2) is 6.69. The van der Waals surface area contributed by atoms with Gasteiger partial charge in [-0.3, -0.25) is 0 Å². The third kappa shape index (κ3) is 5.35. The Labute approximate surface area is 109 Å². The molecule has 0 unspecified atom stereocenters. The Bertz CT molecular complexity index is 459. The summed E-state index contributed by atoms with van der Waals surface area (Å²) in [5, 5.41) is 22.2. The van der Waals surface area contributed by atoms with Crippen molar-refractivity contribution in [3.05, 3.63) is 29.6 Å². The molecule has 4 N–H and O–H groups in total. The number of anilines is 1. The summed E-state index contributed by atoms with van der Waals surface area (Å²) in [6.07, 6.45) is -1.62. The molecule has 0 saturated heterocycles. The molecule has 2 amide bonds. The van der Waals surface area contributed by atoms with Crippen LogP contribution in [0.4, 0.5) is 14.9 Å². The van der Waals surface area contributed by atoms with Crippen LogP contribution in [0.25, 0.3) is 0 Å². The van der Waals surface area contributed by atoms with Crippen molar-refractivity contribution in [2.45, 2.75) is 19.4 Å².